The molecule has 0 aromatic heterocycles. The maximum Gasteiger partial charge on any atom is 0.251 e. The minimum Gasteiger partial charge on any atom is -0.341 e. The number of hydrogen-bond acceptors (Lipinski definition) is 2. The molecule has 20 heavy (non-hydrogen) atoms. The molecule has 5 heteroatoms. The van der Waals surface area contributed by atoms with E-state index in [1.165, 1.54) is 0 Å². The Morgan fingerprint density at radius 2 is 1.90 bits per heavy atom. The Kier molecular flexibility index (Phi) is 6.20. The van der Waals surface area contributed by atoms with Crippen LogP contribution in [0.5, 0.6) is 0 Å². The number of aryl methyl sites for hydroxylation is 1. The van der Waals surface area contributed by atoms with Gasteiger partial charge in [-0.1, -0.05) is 15.9 Å². The molecule has 0 bridgehead atoms. The van der Waals surface area contributed by atoms with E-state index in [9.17, 15) is 9.59 Å². The Balaban J connectivity index is 2.74. The van der Waals surface area contributed by atoms with Gasteiger partial charge in [0.2, 0.25) is 5.91 Å². The Morgan fingerprint density at radius 3 is 2.40 bits per heavy atom. The van der Waals surface area contributed by atoms with Crippen LogP contribution in [-0.2, 0) is 4.79 Å². The smallest absolute Gasteiger partial charge is 0.251 e. The molecule has 0 aliphatic rings. The predicted molar refractivity (Wildman–Crippen MR) is 83.7 cm³/mol. The fourth-order valence-corrected chi connectivity index (χ4v) is 2.18. The van der Waals surface area contributed by atoms with Crippen molar-refractivity contribution in [3.63, 3.8) is 0 Å². The molecule has 110 valence electrons. The van der Waals surface area contributed by atoms with Gasteiger partial charge >= 0.3 is 0 Å². The molecule has 1 aromatic carbocycles. The van der Waals surface area contributed by atoms with Crippen molar-refractivity contribution in [2.24, 2.45) is 0 Å². The third kappa shape index (κ3) is 4.07. The van der Waals surface area contributed by atoms with E-state index in [-0.39, 0.29) is 11.8 Å². The zero-order chi connectivity index (χ0) is 15.3. The minimum atomic E-state index is -0.522. The molecular weight excluding hydrogens is 320 g/mol. The van der Waals surface area contributed by atoms with Crippen molar-refractivity contribution < 1.29 is 9.59 Å². The summed E-state index contributed by atoms with van der Waals surface area (Å²) in [5, 5.41) is 2.75. The van der Waals surface area contributed by atoms with Crippen LogP contribution in [0.25, 0.3) is 0 Å². The number of nitrogens with zero attached hydrogens (tertiary/aromatic N) is 1. The number of amides is 2. The largest absolute Gasteiger partial charge is 0.341 e. The highest BCUT2D eigenvalue weighted by atomic mass is 79.9. The number of nitrogens with one attached hydrogen (secondary N) is 1. The van der Waals surface area contributed by atoms with Crippen LogP contribution in [0.15, 0.2) is 22.7 Å². The summed E-state index contributed by atoms with van der Waals surface area (Å²) in [5.41, 5.74) is 1.55. The van der Waals surface area contributed by atoms with E-state index < -0.39 is 6.04 Å². The lowest BCUT2D eigenvalue weighted by molar-refractivity contribution is -0.132. The molecule has 0 saturated heterocycles. The summed E-state index contributed by atoms with van der Waals surface area (Å²) in [7, 11) is 0. The molecule has 0 spiro atoms. The molecule has 0 fully saturated rings. The van der Waals surface area contributed by atoms with Gasteiger partial charge in [-0.3, -0.25) is 9.59 Å². The molecule has 1 N–H and O–H groups in total. The Labute approximate surface area is 128 Å². The van der Waals surface area contributed by atoms with E-state index in [0.29, 0.717) is 18.7 Å². The summed E-state index contributed by atoms with van der Waals surface area (Å²) in [6, 6.07) is 4.85. The first-order chi connectivity index (χ1) is 9.40. The summed E-state index contributed by atoms with van der Waals surface area (Å²) in [5.74, 6) is -0.286. The molecule has 0 heterocycles. The van der Waals surface area contributed by atoms with Gasteiger partial charge in [-0.25, -0.2) is 0 Å². The Morgan fingerprint density at radius 1 is 1.30 bits per heavy atom. The van der Waals surface area contributed by atoms with Crippen molar-refractivity contribution in [3.8, 4) is 0 Å². The van der Waals surface area contributed by atoms with E-state index >= 15 is 0 Å². The third-order valence-corrected chi connectivity index (χ3v) is 4.10. The highest BCUT2D eigenvalue weighted by Gasteiger charge is 2.20. The van der Waals surface area contributed by atoms with Crippen LogP contribution in [-0.4, -0.2) is 35.8 Å². The molecular formula is C15H21BrN2O2. The number of likely N-dealkylation sites (N-methyl/N-ethyl adjacent to an activating group) is 1. The second-order valence-electron chi connectivity index (χ2n) is 4.67. The number of hydrogen-bond donors (Lipinski definition) is 1. The first-order valence-corrected chi connectivity index (χ1v) is 7.55. The van der Waals surface area contributed by atoms with Crippen molar-refractivity contribution >= 4 is 27.7 Å². The average Bonchev–Trinajstić information content (AvgIpc) is 2.42. The summed E-state index contributed by atoms with van der Waals surface area (Å²) in [4.78, 5) is 25.9. The molecule has 1 unspecified atom stereocenters. The summed E-state index contributed by atoms with van der Waals surface area (Å²) in [6.45, 7) is 8.78. The van der Waals surface area contributed by atoms with Crippen LogP contribution in [0.3, 0.4) is 0 Å². The van der Waals surface area contributed by atoms with E-state index in [2.05, 4.69) is 21.2 Å². The summed E-state index contributed by atoms with van der Waals surface area (Å²) >= 11 is 3.40. The third-order valence-electron chi connectivity index (χ3n) is 3.21. The fourth-order valence-electron chi connectivity index (χ4n) is 1.94. The number of carbonyl (C=O) groups excluding carboxylic acids is 2. The van der Waals surface area contributed by atoms with Gasteiger partial charge in [0.05, 0.1) is 0 Å². The van der Waals surface area contributed by atoms with Crippen LogP contribution in [0.2, 0.25) is 0 Å². The molecule has 0 aliphatic carbocycles. The number of benzene rings is 1. The number of carbonyl (C=O) groups is 2. The van der Waals surface area contributed by atoms with Gasteiger partial charge in [-0.15, -0.1) is 0 Å². The van der Waals surface area contributed by atoms with E-state index in [0.717, 1.165) is 10.0 Å². The van der Waals surface area contributed by atoms with Crippen molar-refractivity contribution in [1.82, 2.24) is 10.2 Å². The molecule has 1 atom stereocenters. The molecule has 2 amide bonds. The zero-order valence-electron chi connectivity index (χ0n) is 12.4. The van der Waals surface area contributed by atoms with Crippen LogP contribution in [0, 0.1) is 6.92 Å². The van der Waals surface area contributed by atoms with Gasteiger partial charge in [0.15, 0.2) is 0 Å². The van der Waals surface area contributed by atoms with Crippen molar-refractivity contribution in [3.05, 3.63) is 33.8 Å². The second-order valence-corrected chi connectivity index (χ2v) is 5.52. The van der Waals surface area contributed by atoms with Crippen molar-refractivity contribution in [1.29, 1.82) is 0 Å². The number of halogens is 1. The average molecular weight is 341 g/mol. The van der Waals surface area contributed by atoms with Crippen LogP contribution in [0.1, 0.15) is 36.7 Å². The van der Waals surface area contributed by atoms with Gasteiger partial charge in [-0.2, -0.15) is 0 Å². The summed E-state index contributed by atoms with van der Waals surface area (Å²) < 4.78 is 0.960. The van der Waals surface area contributed by atoms with Crippen LogP contribution >= 0.6 is 15.9 Å². The van der Waals surface area contributed by atoms with E-state index in [1.807, 2.05) is 26.8 Å². The highest BCUT2D eigenvalue weighted by molar-refractivity contribution is 9.10. The molecule has 0 saturated carbocycles. The standard InChI is InChI=1S/C15H21BrN2O2/c1-5-18(6-2)15(20)11(4)17-14(19)12-7-8-13(16)10(3)9-12/h7-9,11H,5-6H2,1-4H3,(H,17,19). The SMILES string of the molecule is CCN(CC)C(=O)C(C)NC(=O)c1ccc(Br)c(C)c1. The molecule has 0 radical (unpaired) electrons. The molecule has 0 aliphatic heterocycles. The lowest BCUT2D eigenvalue weighted by Gasteiger charge is -2.23. The van der Waals surface area contributed by atoms with Gasteiger partial charge in [0.25, 0.3) is 5.91 Å². The molecule has 1 aromatic rings. The monoisotopic (exact) mass is 340 g/mol. The van der Waals surface area contributed by atoms with E-state index in [1.54, 1.807) is 24.0 Å². The van der Waals surface area contributed by atoms with Gasteiger partial charge in [0, 0.05) is 23.1 Å². The van der Waals surface area contributed by atoms with Gasteiger partial charge < -0.3 is 10.2 Å². The maximum absolute atomic E-state index is 12.1. The quantitative estimate of drug-likeness (QED) is 0.895. The lowest BCUT2D eigenvalue weighted by atomic mass is 10.1. The van der Waals surface area contributed by atoms with E-state index in [4.69, 9.17) is 0 Å². The van der Waals surface area contributed by atoms with Crippen molar-refractivity contribution in [2.75, 3.05) is 13.1 Å². The first-order valence-electron chi connectivity index (χ1n) is 6.76. The molecule has 1 rings (SSSR count). The summed E-state index contributed by atoms with van der Waals surface area (Å²) in [6.07, 6.45) is 0. The maximum atomic E-state index is 12.1. The first kappa shape index (κ1) is 16.7. The van der Waals surface area contributed by atoms with Crippen LogP contribution in [0.4, 0.5) is 0 Å². The van der Waals surface area contributed by atoms with Gasteiger partial charge in [-0.05, 0) is 51.5 Å². The zero-order valence-corrected chi connectivity index (χ0v) is 14.0. The highest BCUT2D eigenvalue weighted by Crippen LogP contribution is 2.17. The normalized spacial score (nSPS) is 11.8. The topological polar surface area (TPSA) is 49.4 Å². The van der Waals surface area contributed by atoms with Crippen LogP contribution < -0.4 is 5.32 Å². The second kappa shape index (κ2) is 7.43. The minimum absolute atomic E-state index is 0.0582. The lowest BCUT2D eigenvalue weighted by Crippen LogP contribution is -2.46. The molecule has 4 nitrogen and oxygen atoms in total. The fraction of sp³-hybridized carbons (Fsp3) is 0.467. The van der Waals surface area contributed by atoms with Crippen molar-refractivity contribution in [2.45, 2.75) is 33.7 Å². The Bertz CT molecular complexity index is 499. The predicted octanol–water partition coefficient (Wildman–Crippen LogP) is 2.74. The number of rotatable bonds is 5. The Hall–Kier alpha value is -1.36. The van der Waals surface area contributed by atoms with Gasteiger partial charge in [0.1, 0.15) is 6.04 Å².